The van der Waals surface area contributed by atoms with Crippen molar-refractivity contribution in [2.75, 3.05) is 24.1 Å². The summed E-state index contributed by atoms with van der Waals surface area (Å²) in [4.78, 5) is 35.5. The average molecular weight is 515 g/mol. The number of nitrogens with zero attached hydrogens (tertiary/aromatic N) is 4. The van der Waals surface area contributed by atoms with E-state index in [4.69, 9.17) is 17.3 Å². The number of fused-ring (bicyclic) bond motifs is 1. The quantitative estimate of drug-likeness (QED) is 0.352. The first-order valence-electron chi connectivity index (χ1n) is 12.0. The highest BCUT2D eigenvalue weighted by molar-refractivity contribution is 6.34. The zero-order valence-electron chi connectivity index (χ0n) is 20.7. The number of hydrogen-bond acceptors (Lipinski definition) is 5. The van der Waals surface area contributed by atoms with Crippen LogP contribution in [0.4, 0.5) is 11.5 Å². The molecule has 0 spiro atoms. The van der Waals surface area contributed by atoms with Gasteiger partial charge in [0.2, 0.25) is 0 Å². The van der Waals surface area contributed by atoms with Crippen LogP contribution in [0, 0.1) is 0 Å². The molecule has 2 aromatic carbocycles. The molecule has 0 aliphatic carbocycles. The molecular weight excluding hydrogens is 488 g/mol. The molecule has 1 saturated heterocycles. The van der Waals surface area contributed by atoms with Gasteiger partial charge in [0.15, 0.2) is 0 Å². The van der Waals surface area contributed by atoms with Crippen molar-refractivity contribution in [2.45, 2.75) is 19.8 Å². The first-order valence-corrected chi connectivity index (χ1v) is 12.4. The summed E-state index contributed by atoms with van der Waals surface area (Å²) in [5.74, 6) is 0.113. The summed E-state index contributed by atoms with van der Waals surface area (Å²) in [6.07, 6.45) is 3.51. The van der Waals surface area contributed by atoms with Crippen molar-refractivity contribution >= 4 is 46.0 Å². The molecule has 5 rings (SSSR count). The van der Waals surface area contributed by atoms with E-state index in [-0.39, 0.29) is 11.8 Å². The first-order chi connectivity index (χ1) is 17.8. The summed E-state index contributed by atoms with van der Waals surface area (Å²) in [6, 6.07) is 12.9. The molecular formula is C28H27ClN6O2. The average Bonchev–Trinajstić information content (AvgIpc) is 3.52. The Balaban J connectivity index is 1.63. The van der Waals surface area contributed by atoms with Crippen LogP contribution in [-0.2, 0) is 11.8 Å². The van der Waals surface area contributed by atoms with Gasteiger partial charge in [0.25, 0.3) is 11.8 Å². The van der Waals surface area contributed by atoms with Gasteiger partial charge in [0.05, 0.1) is 16.1 Å². The van der Waals surface area contributed by atoms with Crippen LogP contribution in [-0.4, -0.2) is 44.3 Å². The number of nitrogens with two attached hydrogens (primary N) is 1. The molecule has 4 aromatic rings. The van der Waals surface area contributed by atoms with Gasteiger partial charge in [-0.05, 0) is 55.7 Å². The molecule has 2 aromatic heterocycles. The van der Waals surface area contributed by atoms with Crippen molar-refractivity contribution in [3.63, 3.8) is 0 Å². The highest BCUT2D eigenvalue weighted by Crippen LogP contribution is 2.44. The van der Waals surface area contributed by atoms with Crippen molar-refractivity contribution < 1.29 is 9.59 Å². The number of amides is 2. The molecule has 2 amide bonds. The van der Waals surface area contributed by atoms with E-state index in [9.17, 15) is 9.59 Å². The molecule has 3 N–H and O–H groups in total. The highest BCUT2D eigenvalue weighted by Gasteiger charge is 2.24. The zero-order valence-corrected chi connectivity index (χ0v) is 21.5. The Hall–Kier alpha value is -4.17. The van der Waals surface area contributed by atoms with Crippen LogP contribution in [0.1, 0.15) is 30.1 Å². The van der Waals surface area contributed by atoms with Crippen LogP contribution < -0.4 is 11.1 Å². The largest absolute Gasteiger partial charge is 0.383 e. The zero-order chi connectivity index (χ0) is 26.3. The van der Waals surface area contributed by atoms with Crippen molar-refractivity contribution in [1.29, 1.82) is 0 Å². The summed E-state index contributed by atoms with van der Waals surface area (Å²) < 4.78 is 1.93. The number of nitrogens with one attached hydrogen (secondary N) is 1. The summed E-state index contributed by atoms with van der Waals surface area (Å²) in [5, 5.41) is 3.94. The molecule has 0 atom stereocenters. The number of rotatable bonds is 5. The number of aromatic nitrogens is 3. The van der Waals surface area contributed by atoms with Gasteiger partial charge in [-0.25, -0.2) is 9.97 Å². The normalized spacial score (nSPS) is 13.2. The second-order valence-electron chi connectivity index (χ2n) is 9.25. The third kappa shape index (κ3) is 4.44. The number of benzene rings is 2. The molecule has 8 nitrogen and oxygen atoms in total. The van der Waals surface area contributed by atoms with Crippen molar-refractivity contribution in [3.05, 3.63) is 71.5 Å². The van der Waals surface area contributed by atoms with Gasteiger partial charge >= 0.3 is 0 Å². The van der Waals surface area contributed by atoms with Crippen LogP contribution >= 0.6 is 11.6 Å². The molecule has 1 fully saturated rings. The lowest BCUT2D eigenvalue weighted by atomic mass is 9.97. The lowest BCUT2D eigenvalue weighted by Gasteiger charge is -2.16. The summed E-state index contributed by atoms with van der Waals surface area (Å²) in [5.41, 5.74) is 11.8. The number of hydrogen-bond donors (Lipinski definition) is 2. The van der Waals surface area contributed by atoms with Crippen molar-refractivity contribution in [2.24, 2.45) is 7.05 Å². The van der Waals surface area contributed by atoms with Crippen LogP contribution in [0.5, 0.6) is 0 Å². The minimum atomic E-state index is -0.277. The number of nitrogen functional groups attached to an aromatic ring is 1. The Labute approximate surface area is 219 Å². The van der Waals surface area contributed by atoms with Crippen LogP contribution in [0.2, 0.25) is 5.02 Å². The van der Waals surface area contributed by atoms with Crippen molar-refractivity contribution in [3.8, 4) is 22.4 Å². The van der Waals surface area contributed by atoms with E-state index in [2.05, 4.69) is 21.9 Å². The first kappa shape index (κ1) is 24.5. The monoisotopic (exact) mass is 514 g/mol. The molecule has 9 heteroatoms. The number of carbonyl (C=O) groups excluding carboxylic acids is 2. The maximum Gasteiger partial charge on any atom is 0.253 e. The third-order valence-electron chi connectivity index (χ3n) is 6.68. The molecule has 0 radical (unpaired) electrons. The van der Waals surface area contributed by atoms with Gasteiger partial charge in [-0.15, -0.1) is 0 Å². The Bertz CT molecular complexity index is 1550. The predicted molar refractivity (Wildman–Crippen MR) is 147 cm³/mol. The lowest BCUT2D eigenvalue weighted by Crippen LogP contribution is -2.27. The SMILES string of the molecule is C=C(C)C(=O)Nc1ccc(-c2c(-c3ccc(C(=O)N4CCCC4)cc3)c3c(N)ncnc3n2C)c(Cl)c1. The molecule has 37 heavy (non-hydrogen) atoms. The second kappa shape index (κ2) is 9.71. The predicted octanol–water partition coefficient (Wildman–Crippen LogP) is 5.29. The number of halogens is 1. The number of aryl methyl sites for hydroxylation is 1. The fourth-order valence-electron chi connectivity index (χ4n) is 4.78. The smallest absolute Gasteiger partial charge is 0.253 e. The third-order valence-corrected chi connectivity index (χ3v) is 6.99. The van der Waals surface area contributed by atoms with Gasteiger partial charge in [-0.1, -0.05) is 30.3 Å². The molecule has 0 saturated carbocycles. The van der Waals surface area contributed by atoms with Gasteiger partial charge in [0.1, 0.15) is 17.8 Å². The fourth-order valence-corrected chi connectivity index (χ4v) is 5.05. The van der Waals surface area contributed by atoms with Crippen molar-refractivity contribution in [1.82, 2.24) is 19.4 Å². The number of anilines is 2. The van der Waals surface area contributed by atoms with Crippen LogP contribution in [0.3, 0.4) is 0 Å². The molecule has 0 bridgehead atoms. The molecule has 3 heterocycles. The van der Waals surface area contributed by atoms with E-state index in [1.807, 2.05) is 46.8 Å². The standard InChI is InChI=1S/C28H27ClN6O2/c1-16(2)27(36)33-19-10-11-20(21(29)14-19)24-22(23-25(30)31-15-32-26(23)34(24)3)17-6-8-18(9-7-17)28(37)35-12-4-5-13-35/h6-11,14-15H,1,4-5,12-13H2,2-3H3,(H,33,36)(H2,30,31,32). The van der Waals surface area contributed by atoms with E-state index in [0.29, 0.717) is 38.7 Å². The van der Waals surface area contributed by atoms with E-state index in [0.717, 1.165) is 48.3 Å². The van der Waals surface area contributed by atoms with Gasteiger partial charge < -0.3 is 20.5 Å². The van der Waals surface area contributed by atoms with Crippen LogP contribution in [0.15, 0.2) is 60.9 Å². The fraction of sp³-hybridized carbons (Fsp3) is 0.214. The summed E-state index contributed by atoms with van der Waals surface area (Å²) in [6.45, 7) is 6.90. The van der Waals surface area contributed by atoms with E-state index < -0.39 is 0 Å². The molecule has 1 aliphatic rings. The van der Waals surface area contributed by atoms with E-state index in [1.54, 1.807) is 19.1 Å². The number of likely N-dealkylation sites (tertiary alicyclic amines) is 1. The summed E-state index contributed by atoms with van der Waals surface area (Å²) >= 11 is 6.76. The minimum absolute atomic E-state index is 0.0421. The highest BCUT2D eigenvalue weighted by atomic mass is 35.5. The van der Waals surface area contributed by atoms with E-state index in [1.165, 1.54) is 6.33 Å². The van der Waals surface area contributed by atoms with Gasteiger partial charge in [0, 0.05) is 48.1 Å². The lowest BCUT2D eigenvalue weighted by molar-refractivity contribution is -0.112. The maximum absolute atomic E-state index is 12.9. The van der Waals surface area contributed by atoms with Gasteiger partial charge in [-0.2, -0.15) is 0 Å². The van der Waals surface area contributed by atoms with Gasteiger partial charge in [-0.3, -0.25) is 9.59 Å². The maximum atomic E-state index is 12.9. The van der Waals surface area contributed by atoms with Crippen LogP contribution in [0.25, 0.3) is 33.4 Å². The van der Waals surface area contributed by atoms with E-state index >= 15 is 0 Å². The Morgan fingerprint density at radius 1 is 1.08 bits per heavy atom. The molecule has 188 valence electrons. The molecule has 1 aliphatic heterocycles. The Morgan fingerprint density at radius 2 is 1.78 bits per heavy atom. The second-order valence-corrected chi connectivity index (χ2v) is 9.65. The molecule has 0 unspecified atom stereocenters. The minimum Gasteiger partial charge on any atom is -0.383 e. The topological polar surface area (TPSA) is 106 Å². The number of carbonyl (C=O) groups is 2. The Morgan fingerprint density at radius 3 is 2.43 bits per heavy atom. The Kier molecular flexibility index (Phi) is 6.43. The summed E-state index contributed by atoms with van der Waals surface area (Å²) in [7, 11) is 1.89.